The number of rotatable bonds is 3. The number of Topliss-reactive ketones (excluding diaryl/α,β-unsaturated/α-hetero) is 1. The Morgan fingerprint density at radius 1 is 1.05 bits per heavy atom. The Kier molecular flexibility index (Phi) is 4.45. The molecule has 0 radical (unpaired) electrons. The second kappa shape index (κ2) is 6.67. The number of benzene rings is 2. The van der Waals surface area contributed by atoms with E-state index in [9.17, 15) is 9.18 Å². The number of carbonyl (C=O) groups excluding carboxylic acids is 1. The number of hydrogen-bond acceptors (Lipinski definition) is 2. The van der Waals surface area contributed by atoms with Gasteiger partial charge in [0.2, 0.25) is 0 Å². The van der Waals surface area contributed by atoms with Gasteiger partial charge in [0.05, 0.1) is 0 Å². The first-order valence-corrected chi connectivity index (χ1v) is 7.47. The van der Waals surface area contributed by atoms with Gasteiger partial charge in [-0.25, -0.2) is 4.39 Å². The maximum absolute atomic E-state index is 13.7. The summed E-state index contributed by atoms with van der Waals surface area (Å²) in [6.07, 6.45) is 2.18. The Balaban J connectivity index is 1.77. The highest BCUT2D eigenvalue weighted by atomic mass is 19.1. The van der Waals surface area contributed by atoms with Crippen LogP contribution in [0, 0.1) is 5.82 Å². The number of piperidine rings is 1. The van der Waals surface area contributed by atoms with Crippen LogP contribution in [0.15, 0.2) is 60.2 Å². The van der Waals surface area contributed by atoms with Crippen LogP contribution < -0.4 is 0 Å². The molecule has 0 unspecified atom stereocenters. The normalized spacial score (nSPS) is 17.9. The molecule has 0 N–H and O–H groups in total. The first kappa shape index (κ1) is 14.7. The lowest BCUT2D eigenvalue weighted by Gasteiger charge is -2.27. The molecule has 3 heteroatoms. The Labute approximate surface area is 129 Å². The van der Waals surface area contributed by atoms with Crippen molar-refractivity contribution in [3.05, 3.63) is 77.1 Å². The van der Waals surface area contributed by atoms with Crippen LogP contribution in [0.4, 0.5) is 4.39 Å². The molecule has 3 rings (SSSR count). The predicted octanol–water partition coefficient (Wildman–Crippen LogP) is 3.68. The highest BCUT2D eigenvalue weighted by Gasteiger charge is 2.21. The number of nitrogens with zero attached hydrogens (tertiary/aromatic N) is 1. The van der Waals surface area contributed by atoms with E-state index in [0.29, 0.717) is 24.1 Å². The molecular weight excluding hydrogens is 277 g/mol. The summed E-state index contributed by atoms with van der Waals surface area (Å²) in [5.74, 6) is -0.171. The molecule has 0 bridgehead atoms. The summed E-state index contributed by atoms with van der Waals surface area (Å²) >= 11 is 0. The van der Waals surface area contributed by atoms with Crippen molar-refractivity contribution in [2.75, 3.05) is 13.1 Å². The Morgan fingerprint density at radius 3 is 2.55 bits per heavy atom. The topological polar surface area (TPSA) is 20.3 Å². The summed E-state index contributed by atoms with van der Waals surface area (Å²) < 4.78 is 13.7. The van der Waals surface area contributed by atoms with Crippen LogP contribution in [0.5, 0.6) is 0 Å². The van der Waals surface area contributed by atoms with Crippen LogP contribution in [0.25, 0.3) is 6.08 Å². The third-order valence-electron chi connectivity index (χ3n) is 3.89. The van der Waals surface area contributed by atoms with E-state index in [4.69, 9.17) is 0 Å². The minimum absolute atomic E-state index is 0.118. The molecule has 0 amide bonds. The van der Waals surface area contributed by atoms with Gasteiger partial charge in [0.25, 0.3) is 0 Å². The van der Waals surface area contributed by atoms with Gasteiger partial charge in [0, 0.05) is 37.2 Å². The minimum Gasteiger partial charge on any atom is -0.294 e. The van der Waals surface area contributed by atoms with Crippen molar-refractivity contribution < 1.29 is 9.18 Å². The summed E-state index contributed by atoms with van der Waals surface area (Å²) in [7, 11) is 0. The first-order chi connectivity index (χ1) is 10.7. The van der Waals surface area contributed by atoms with Gasteiger partial charge in [0.15, 0.2) is 5.78 Å². The highest BCUT2D eigenvalue weighted by molar-refractivity contribution is 6.00. The largest absolute Gasteiger partial charge is 0.294 e. The van der Waals surface area contributed by atoms with E-state index >= 15 is 0 Å². The van der Waals surface area contributed by atoms with Gasteiger partial charge >= 0.3 is 0 Å². The van der Waals surface area contributed by atoms with Crippen LogP contribution >= 0.6 is 0 Å². The second-order valence-electron chi connectivity index (χ2n) is 5.56. The average Bonchev–Trinajstić information content (AvgIpc) is 2.54. The predicted molar refractivity (Wildman–Crippen MR) is 85.7 cm³/mol. The van der Waals surface area contributed by atoms with Gasteiger partial charge in [-0.15, -0.1) is 0 Å². The van der Waals surface area contributed by atoms with Crippen molar-refractivity contribution in [3.8, 4) is 0 Å². The van der Waals surface area contributed by atoms with Crippen molar-refractivity contribution in [1.82, 2.24) is 4.90 Å². The zero-order chi connectivity index (χ0) is 15.4. The SMILES string of the molecule is O=C1CCN(Cc2ccccc2)C/C1=C\c1ccccc1F. The van der Waals surface area contributed by atoms with Gasteiger partial charge in [-0.3, -0.25) is 9.69 Å². The summed E-state index contributed by atoms with van der Waals surface area (Å²) in [5, 5.41) is 0. The Bertz CT molecular complexity index is 694. The fourth-order valence-corrected chi connectivity index (χ4v) is 2.71. The lowest BCUT2D eigenvalue weighted by molar-refractivity contribution is -0.117. The average molecular weight is 295 g/mol. The number of ketones is 1. The van der Waals surface area contributed by atoms with Crippen LogP contribution in [-0.2, 0) is 11.3 Å². The zero-order valence-electron chi connectivity index (χ0n) is 12.3. The van der Waals surface area contributed by atoms with E-state index in [0.717, 1.165) is 13.1 Å². The fraction of sp³-hybridized carbons (Fsp3) is 0.211. The number of likely N-dealkylation sites (tertiary alicyclic amines) is 1. The van der Waals surface area contributed by atoms with E-state index < -0.39 is 0 Å². The molecule has 22 heavy (non-hydrogen) atoms. The molecule has 1 aliphatic heterocycles. The smallest absolute Gasteiger partial charge is 0.161 e. The molecule has 2 aromatic rings. The monoisotopic (exact) mass is 295 g/mol. The summed E-state index contributed by atoms with van der Waals surface area (Å²) in [6.45, 7) is 2.13. The molecule has 0 aromatic heterocycles. The molecule has 112 valence electrons. The van der Waals surface area contributed by atoms with Crippen LogP contribution in [0.1, 0.15) is 17.5 Å². The van der Waals surface area contributed by atoms with Crippen molar-refractivity contribution in [2.24, 2.45) is 0 Å². The molecule has 0 spiro atoms. The molecule has 1 fully saturated rings. The molecule has 2 nitrogen and oxygen atoms in total. The molecule has 1 heterocycles. The van der Waals surface area contributed by atoms with Crippen molar-refractivity contribution >= 4 is 11.9 Å². The Hall–Kier alpha value is -2.26. The number of hydrogen-bond donors (Lipinski definition) is 0. The molecule has 0 saturated carbocycles. The van der Waals surface area contributed by atoms with Gasteiger partial charge in [-0.05, 0) is 17.7 Å². The summed E-state index contributed by atoms with van der Waals surface area (Å²) in [4.78, 5) is 14.3. The zero-order valence-corrected chi connectivity index (χ0v) is 12.3. The van der Waals surface area contributed by atoms with Crippen molar-refractivity contribution in [1.29, 1.82) is 0 Å². The quantitative estimate of drug-likeness (QED) is 0.805. The Morgan fingerprint density at radius 2 is 1.77 bits per heavy atom. The molecule has 1 saturated heterocycles. The highest BCUT2D eigenvalue weighted by Crippen LogP contribution is 2.19. The third kappa shape index (κ3) is 3.49. The van der Waals surface area contributed by atoms with Gasteiger partial charge in [0.1, 0.15) is 5.82 Å². The maximum Gasteiger partial charge on any atom is 0.161 e. The van der Waals surface area contributed by atoms with E-state index in [2.05, 4.69) is 17.0 Å². The third-order valence-corrected chi connectivity index (χ3v) is 3.89. The number of halogens is 1. The van der Waals surface area contributed by atoms with E-state index in [1.807, 2.05) is 18.2 Å². The second-order valence-corrected chi connectivity index (χ2v) is 5.56. The van der Waals surface area contributed by atoms with Crippen molar-refractivity contribution in [3.63, 3.8) is 0 Å². The van der Waals surface area contributed by atoms with Crippen LogP contribution in [0.2, 0.25) is 0 Å². The minimum atomic E-state index is -0.289. The van der Waals surface area contributed by atoms with Crippen LogP contribution in [0.3, 0.4) is 0 Å². The molecule has 1 aliphatic rings. The molecule has 0 atom stereocenters. The van der Waals surface area contributed by atoms with E-state index in [1.54, 1.807) is 24.3 Å². The summed E-state index contributed by atoms with van der Waals surface area (Å²) in [6, 6.07) is 16.7. The maximum atomic E-state index is 13.7. The fourth-order valence-electron chi connectivity index (χ4n) is 2.71. The summed E-state index contributed by atoms with van der Waals surface area (Å²) in [5.41, 5.74) is 2.39. The van der Waals surface area contributed by atoms with Crippen molar-refractivity contribution in [2.45, 2.75) is 13.0 Å². The molecular formula is C19H18FNO. The molecule has 0 aliphatic carbocycles. The van der Waals surface area contributed by atoms with Crippen LogP contribution in [-0.4, -0.2) is 23.8 Å². The van der Waals surface area contributed by atoms with Gasteiger partial charge in [-0.1, -0.05) is 48.5 Å². The van der Waals surface area contributed by atoms with E-state index in [-0.39, 0.29) is 11.6 Å². The lowest BCUT2D eigenvalue weighted by atomic mass is 9.99. The first-order valence-electron chi connectivity index (χ1n) is 7.47. The molecule has 2 aromatic carbocycles. The van der Waals surface area contributed by atoms with E-state index in [1.165, 1.54) is 11.6 Å². The van der Waals surface area contributed by atoms with Gasteiger partial charge in [-0.2, -0.15) is 0 Å². The standard InChI is InChI=1S/C19H18FNO/c20-18-9-5-4-8-16(18)12-17-14-21(11-10-19(17)22)13-15-6-2-1-3-7-15/h1-9,12H,10-11,13-14H2/b17-12+. The van der Waals surface area contributed by atoms with Gasteiger partial charge < -0.3 is 0 Å². The number of carbonyl (C=O) groups is 1. The lowest BCUT2D eigenvalue weighted by Crippen LogP contribution is -2.35.